The third kappa shape index (κ3) is 3.32. The van der Waals surface area contributed by atoms with Gasteiger partial charge in [-0.2, -0.15) is 0 Å². The van der Waals surface area contributed by atoms with Crippen LogP contribution in [0.5, 0.6) is 0 Å². The number of fused-ring (bicyclic) bond motifs is 3. The Labute approximate surface area is 164 Å². The van der Waals surface area contributed by atoms with Gasteiger partial charge in [-0.25, -0.2) is 0 Å². The molecule has 0 atom stereocenters. The first kappa shape index (κ1) is 20.1. The first-order chi connectivity index (χ1) is 9.74. The fourth-order valence-corrected chi connectivity index (χ4v) is 3.37. The molecule has 0 heterocycles. The van der Waals surface area contributed by atoms with Crippen LogP contribution in [0.25, 0.3) is 27.1 Å². The second kappa shape index (κ2) is 7.77. The monoisotopic (exact) mass is 375 g/mol. The Morgan fingerprint density at radius 1 is 0.957 bits per heavy atom. The van der Waals surface area contributed by atoms with Crippen LogP contribution in [0.2, 0.25) is 0 Å². The number of rotatable bonds is 1. The minimum absolute atomic E-state index is 0. The molecule has 4 rings (SSSR count). The molecule has 1 aliphatic carbocycles. The fraction of sp³-hybridized carbons (Fsp3) is 0.150. The van der Waals surface area contributed by atoms with Gasteiger partial charge in [-0.15, -0.1) is 33.7 Å². The molecule has 0 aromatic heterocycles. The van der Waals surface area contributed by atoms with Gasteiger partial charge in [-0.1, -0.05) is 64.8 Å². The average Bonchev–Trinajstić information content (AvgIpc) is 3.04. The molecular weight excluding hydrogens is 359 g/mol. The molecule has 0 unspecified atom stereocenters. The SMILES string of the molecule is Cc1ccc2c(c1)[cH-]c1c(C3=CC=CC3)c(C)ccc12.[Cl-].[Cl-].[Ti+3]. The molecule has 3 aromatic carbocycles. The molecule has 0 saturated heterocycles. The summed E-state index contributed by atoms with van der Waals surface area (Å²) in [4.78, 5) is 0. The molecule has 0 fully saturated rings. The van der Waals surface area contributed by atoms with Gasteiger partial charge in [0.15, 0.2) is 0 Å². The summed E-state index contributed by atoms with van der Waals surface area (Å²) in [5, 5.41) is 5.52. The first-order valence-electron chi connectivity index (χ1n) is 7.19. The molecule has 0 amide bonds. The predicted molar refractivity (Wildman–Crippen MR) is 88.3 cm³/mol. The number of aryl methyl sites for hydroxylation is 2. The first-order valence-corrected chi connectivity index (χ1v) is 7.19. The Morgan fingerprint density at radius 2 is 1.70 bits per heavy atom. The van der Waals surface area contributed by atoms with E-state index in [2.05, 4.69) is 68.5 Å². The molecule has 3 aromatic rings. The number of hydrogen-bond acceptors (Lipinski definition) is 0. The van der Waals surface area contributed by atoms with Crippen molar-refractivity contribution in [3.8, 4) is 0 Å². The number of allylic oxidation sites excluding steroid dienone is 4. The molecule has 1 aliphatic rings. The normalized spacial score (nSPS) is 12.5. The summed E-state index contributed by atoms with van der Waals surface area (Å²) in [6.07, 6.45) is 7.71. The molecule has 0 bridgehead atoms. The van der Waals surface area contributed by atoms with E-state index in [1.807, 2.05) is 0 Å². The van der Waals surface area contributed by atoms with Crippen molar-refractivity contribution in [1.82, 2.24) is 0 Å². The Kier molecular flexibility index (Phi) is 6.80. The van der Waals surface area contributed by atoms with Gasteiger partial charge >= 0.3 is 21.7 Å². The molecule has 0 N–H and O–H groups in total. The molecular formula is C20H17Cl2Ti. The largest absolute Gasteiger partial charge is 3.00 e. The molecule has 1 radical (unpaired) electrons. The molecule has 3 heteroatoms. The van der Waals surface area contributed by atoms with Crippen molar-refractivity contribution in [2.75, 3.05) is 0 Å². The molecule has 0 aliphatic heterocycles. The second-order valence-electron chi connectivity index (χ2n) is 5.78. The van der Waals surface area contributed by atoms with Gasteiger partial charge in [0.25, 0.3) is 0 Å². The van der Waals surface area contributed by atoms with Crippen LogP contribution in [0.1, 0.15) is 23.1 Å². The standard InChI is InChI=1S/C20H17.2ClH.Ti/c1-13-7-9-17-16(11-13)12-19-18(17)10-8-14(2)20(19)15-5-3-4-6-15;;;/h3-5,7-12H,6H2,1-2H3;2*1H;/q-1;;;+3/p-2. The predicted octanol–water partition coefficient (Wildman–Crippen LogP) is -0.322. The maximum Gasteiger partial charge on any atom is 3.00 e. The van der Waals surface area contributed by atoms with E-state index >= 15 is 0 Å². The van der Waals surface area contributed by atoms with Gasteiger partial charge in [-0.3, -0.25) is 0 Å². The third-order valence-electron chi connectivity index (χ3n) is 4.34. The fourth-order valence-electron chi connectivity index (χ4n) is 3.37. The van der Waals surface area contributed by atoms with Gasteiger partial charge < -0.3 is 24.8 Å². The topological polar surface area (TPSA) is 0 Å². The van der Waals surface area contributed by atoms with Gasteiger partial charge in [-0.05, 0) is 20.3 Å². The molecule has 0 nitrogen and oxygen atoms in total. The van der Waals surface area contributed by atoms with Crippen molar-refractivity contribution in [2.24, 2.45) is 0 Å². The minimum atomic E-state index is 0. The van der Waals surface area contributed by atoms with E-state index < -0.39 is 0 Å². The van der Waals surface area contributed by atoms with Crippen molar-refractivity contribution >= 4 is 27.1 Å². The van der Waals surface area contributed by atoms with Crippen molar-refractivity contribution in [3.63, 3.8) is 0 Å². The van der Waals surface area contributed by atoms with Crippen LogP contribution in [-0.4, -0.2) is 0 Å². The summed E-state index contributed by atoms with van der Waals surface area (Å²) in [7, 11) is 0. The Morgan fingerprint density at radius 3 is 2.39 bits per heavy atom. The van der Waals surface area contributed by atoms with E-state index in [0.29, 0.717) is 0 Å². The van der Waals surface area contributed by atoms with Gasteiger partial charge in [0.2, 0.25) is 0 Å². The van der Waals surface area contributed by atoms with Crippen molar-refractivity contribution < 1.29 is 46.5 Å². The quantitative estimate of drug-likeness (QED) is 0.404. The second-order valence-corrected chi connectivity index (χ2v) is 5.78. The zero-order valence-electron chi connectivity index (χ0n) is 13.2. The summed E-state index contributed by atoms with van der Waals surface area (Å²) in [5.41, 5.74) is 5.58. The minimum Gasteiger partial charge on any atom is -1.00 e. The zero-order valence-corrected chi connectivity index (χ0v) is 16.2. The summed E-state index contributed by atoms with van der Waals surface area (Å²) >= 11 is 0. The van der Waals surface area contributed by atoms with Gasteiger partial charge in [0.1, 0.15) is 0 Å². The Bertz CT molecular complexity index is 901. The molecule has 0 spiro atoms. The zero-order chi connectivity index (χ0) is 13.7. The number of halogens is 2. The van der Waals surface area contributed by atoms with E-state index in [9.17, 15) is 0 Å². The Balaban J connectivity index is 0.000000882. The summed E-state index contributed by atoms with van der Waals surface area (Å²) in [6, 6.07) is 13.6. The van der Waals surface area contributed by atoms with E-state index in [-0.39, 0.29) is 46.5 Å². The van der Waals surface area contributed by atoms with E-state index in [4.69, 9.17) is 0 Å². The van der Waals surface area contributed by atoms with Gasteiger partial charge in [0, 0.05) is 0 Å². The summed E-state index contributed by atoms with van der Waals surface area (Å²) < 4.78 is 0. The van der Waals surface area contributed by atoms with E-state index in [0.717, 1.165) is 6.42 Å². The third-order valence-corrected chi connectivity index (χ3v) is 4.34. The van der Waals surface area contributed by atoms with Crippen molar-refractivity contribution in [1.29, 1.82) is 0 Å². The molecule has 115 valence electrons. The van der Waals surface area contributed by atoms with Crippen LogP contribution in [-0.2, 0) is 21.7 Å². The van der Waals surface area contributed by atoms with E-state index in [1.165, 1.54) is 43.8 Å². The van der Waals surface area contributed by atoms with Crippen LogP contribution in [0.4, 0.5) is 0 Å². The maximum absolute atomic E-state index is 2.36. The van der Waals surface area contributed by atoms with Crippen molar-refractivity contribution in [2.45, 2.75) is 20.3 Å². The Hall–Kier alpha value is -0.916. The molecule has 0 saturated carbocycles. The summed E-state index contributed by atoms with van der Waals surface area (Å²) in [5.74, 6) is 0. The van der Waals surface area contributed by atoms with Crippen LogP contribution in [0, 0.1) is 13.8 Å². The number of hydrogen-bond donors (Lipinski definition) is 0. The van der Waals surface area contributed by atoms with E-state index in [1.54, 1.807) is 0 Å². The maximum atomic E-state index is 2.36. The number of benzene rings is 2. The van der Waals surface area contributed by atoms with Crippen LogP contribution in [0.3, 0.4) is 0 Å². The van der Waals surface area contributed by atoms with Gasteiger partial charge in [0.05, 0.1) is 0 Å². The van der Waals surface area contributed by atoms with Crippen molar-refractivity contribution in [3.05, 3.63) is 71.3 Å². The van der Waals surface area contributed by atoms with Crippen LogP contribution < -0.4 is 24.8 Å². The van der Waals surface area contributed by atoms with Crippen LogP contribution >= 0.6 is 0 Å². The smallest absolute Gasteiger partial charge is 1.00 e. The average molecular weight is 376 g/mol. The summed E-state index contributed by atoms with van der Waals surface area (Å²) in [6.45, 7) is 4.38. The van der Waals surface area contributed by atoms with Crippen LogP contribution in [0.15, 0.2) is 54.6 Å². The molecule has 23 heavy (non-hydrogen) atoms.